The van der Waals surface area contributed by atoms with Gasteiger partial charge in [0.1, 0.15) is 5.82 Å². The van der Waals surface area contributed by atoms with Crippen LogP contribution in [-0.4, -0.2) is 19.6 Å². The van der Waals surface area contributed by atoms with Gasteiger partial charge in [0.15, 0.2) is 6.10 Å². The maximum absolute atomic E-state index is 13.0. The SMILES string of the molecule is CCOP(=O)(OCC)OC(c1ccc(F)cc1)C(F)F. The van der Waals surface area contributed by atoms with Crippen LogP contribution in [0.3, 0.4) is 0 Å². The Bertz CT molecular complexity index is 443. The van der Waals surface area contributed by atoms with E-state index in [-0.39, 0.29) is 18.8 Å². The molecule has 8 heteroatoms. The zero-order valence-electron chi connectivity index (χ0n) is 11.1. The van der Waals surface area contributed by atoms with E-state index in [1.54, 1.807) is 0 Å². The van der Waals surface area contributed by atoms with Gasteiger partial charge in [0.05, 0.1) is 13.2 Å². The largest absolute Gasteiger partial charge is 0.475 e. The predicted molar refractivity (Wildman–Crippen MR) is 67.1 cm³/mol. The molecule has 0 radical (unpaired) electrons. The van der Waals surface area contributed by atoms with Crippen LogP contribution in [0.25, 0.3) is 0 Å². The topological polar surface area (TPSA) is 44.8 Å². The van der Waals surface area contributed by atoms with E-state index in [1.807, 2.05) is 0 Å². The Balaban J connectivity index is 2.96. The highest BCUT2D eigenvalue weighted by Crippen LogP contribution is 2.54. The average Bonchev–Trinajstić information content (AvgIpc) is 2.37. The molecule has 0 heterocycles. The van der Waals surface area contributed by atoms with Crippen molar-refractivity contribution in [2.75, 3.05) is 13.2 Å². The molecular weight excluding hydrogens is 296 g/mol. The molecule has 0 saturated carbocycles. The molecule has 0 N–H and O–H groups in total. The summed E-state index contributed by atoms with van der Waals surface area (Å²) in [5.41, 5.74) is -0.0129. The van der Waals surface area contributed by atoms with E-state index in [4.69, 9.17) is 13.6 Å². The molecule has 0 aliphatic rings. The van der Waals surface area contributed by atoms with Crippen LogP contribution in [0.5, 0.6) is 0 Å². The van der Waals surface area contributed by atoms with Crippen LogP contribution >= 0.6 is 7.82 Å². The lowest BCUT2D eigenvalue weighted by molar-refractivity contribution is -0.0173. The molecule has 0 saturated heterocycles. The second-order valence-corrected chi connectivity index (χ2v) is 5.32. The molecular formula is C12H16F3O4P. The molecule has 1 unspecified atom stereocenters. The summed E-state index contributed by atoms with van der Waals surface area (Å²) in [4.78, 5) is 0. The predicted octanol–water partition coefficient (Wildman–Crippen LogP) is 4.33. The second kappa shape index (κ2) is 7.78. The molecule has 1 atom stereocenters. The van der Waals surface area contributed by atoms with E-state index in [0.29, 0.717) is 0 Å². The Morgan fingerprint density at radius 1 is 1.10 bits per heavy atom. The van der Waals surface area contributed by atoms with Gasteiger partial charge in [-0.15, -0.1) is 0 Å². The van der Waals surface area contributed by atoms with E-state index < -0.39 is 26.2 Å². The fourth-order valence-electron chi connectivity index (χ4n) is 1.46. The number of benzene rings is 1. The monoisotopic (exact) mass is 312 g/mol. The first-order valence-electron chi connectivity index (χ1n) is 6.03. The standard InChI is InChI=1S/C12H16F3O4P/c1-3-17-20(16,18-4-2)19-11(12(14)15)9-5-7-10(13)8-6-9/h5-8,11-12H,3-4H2,1-2H3. The first-order valence-corrected chi connectivity index (χ1v) is 7.49. The molecule has 4 nitrogen and oxygen atoms in total. The van der Waals surface area contributed by atoms with Gasteiger partial charge in [-0.3, -0.25) is 13.6 Å². The third kappa shape index (κ3) is 4.90. The minimum absolute atomic E-state index is 0.0129. The zero-order chi connectivity index (χ0) is 15.2. The second-order valence-electron chi connectivity index (χ2n) is 3.69. The molecule has 0 amide bonds. The van der Waals surface area contributed by atoms with Crippen LogP contribution in [-0.2, 0) is 18.1 Å². The lowest BCUT2D eigenvalue weighted by Crippen LogP contribution is -2.14. The van der Waals surface area contributed by atoms with Crippen molar-refractivity contribution in [2.24, 2.45) is 0 Å². The fourth-order valence-corrected chi connectivity index (χ4v) is 2.78. The van der Waals surface area contributed by atoms with Crippen molar-refractivity contribution in [2.45, 2.75) is 26.4 Å². The molecule has 20 heavy (non-hydrogen) atoms. The van der Waals surface area contributed by atoms with Crippen molar-refractivity contribution in [1.29, 1.82) is 0 Å². The number of phosphoric ester groups is 1. The first-order chi connectivity index (χ1) is 9.41. The van der Waals surface area contributed by atoms with Crippen molar-refractivity contribution in [1.82, 2.24) is 0 Å². The molecule has 1 rings (SSSR count). The van der Waals surface area contributed by atoms with Crippen LogP contribution in [0, 0.1) is 5.82 Å². The van der Waals surface area contributed by atoms with E-state index >= 15 is 0 Å². The van der Waals surface area contributed by atoms with Crippen molar-refractivity contribution in [3.8, 4) is 0 Å². The van der Waals surface area contributed by atoms with Gasteiger partial charge in [-0.05, 0) is 31.5 Å². The molecule has 114 valence electrons. The average molecular weight is 312 g/mol. The number of hydrogen-bond acceptors (Lipinski definition) is 4. The van der Waals surface area contributed by atoms with Gasteiger partial charge in [-0.1, -0.05) is 12.1 Å². The Kier molecular flexibility index (Phi) is 6.68. The summed E-state index contributed by atoms with van der Waals surface area (Å²) < 4.78 is 65.4. The number of alkyl halides is 2. The summed E-state index contributed by atoms with van der Waals surface area (Å²) in [7, 11) is -4.08. The normalized spacial score (nSPS) is 13.7. The number of phosphoric acid groups is 1. The van der Waals surface area contributed by atoms with Gasteiger partial charge >= 0.3 is 7.82 Å². The summed E-state index contributed by atoms with van der Waals surface area (Å²) in [5, 5.41) is 0. The third-order valence-corrected chi connectivity index (χ3v) is 3.88. The Labute approximate surface area is 115 Å². The molecule has 0 fully saturated rings. The summed E-state index contributed by atoms with van der Waals surface area (Å²) in [5.74, 6) is -0.570. The molecule has 1 aromatic carbocycles. The van der Waals surface area contributed by atoms with E-state index in [2.05, 4.69) is 0 Å². The van der Waals surface area contributed by atoms with Gasteiger partial charge in [0.25, 0.3) is 6.43 Å². The lowest BCUT2D eigenvalue weighted by atomic mass is 10.1. The minimum atomic E-state index is -4.08. The van der Waals surface area contributed by atoms with E-state index in [9.17, 15) is 17.7 Å². The fraction of sp³-hybridized carbons (Fsp3) is 0.500. The number of hydrogen-bond donors (Lipinski definition) is 0. The van der Waals surface area contributed by atoms with Crippen molar-refractivity contribution in [3.63, 3.8) is 0 Å². The summed E-state index contributed by atoms with van der Waals surface area (Å²) >= 11 is 0. The summed E-state index contributed by atoms with van der Waals surface area (Å²) in [6.45, 7) is 3.03. The smallest absolute Gasteiger partial charge is 0.287 e. The van der Waals surface area contributed by atoms with Gasteiger partial charge in [-0.25, -0.2) is 17.7 Å². The molecule has 1 aromatic rings. The number of rotatable bonds is 8. The Morgan fingerprint density at radius 2 is 1.60 bits per heavy atom. The van der Waals surface area contributed by atoms with Gasteiger partial charge in [-0.2, -0.15) is 0 Å². The minimum Gasteiger partial charge on any atom is -0.287 e. The maximum Gasteiger partial charge on any atom is 0.475 e. The van der Waals surface area contributed by atoms with Crippen LogP contribution in [0.1, 0.15) is 25.5 Å². The summed E-state index contributed by atoms with van der Waals surface area (Å²) in [6, 6.07) is 4.30. The number of halogens is 3. The molecule has 0 aliphatic heterocycles. The molecule has 0 spiro atoms. The maximum atomic E-state index is 13.0. The Hall–Kier alpha value is -0.880. The van der Waals surface area contributed by atoms with Crippen molar-refractivity contribution < 1.29 is 31.3 Å². The lowest BCUT2D eigenvalue weighted by Gasteiger charge is -2.23. The highest BCUT2D eigenvalue weighted by Gasteiger charge is 2.35. The first kappa shape index (κ1) is 17.2. The third-order valence-electron chi connectivity index (χ3n) is 2.24. The van der Waals surface area contributed by atoms with Gasteiger partial charge < -0.3 is 0 Å². The van der Waals surface area contributed by atoms with Crippen LogP contribution in [0.2, 0.25) is 0 Å². The molecule has 0 bridgehead atoms. The zero-order valence-corrected chi connectivity index (χ0v) is 12.0. The highest BCUT2D eigenvalue weighted by molar-refractivity contribution is 7.48. The van der Waals surface area contributed by atoms with Crippen molar-refractivity contribution >= 4 is 7.82 Å². The van der Waals surface area contributed by atoms with Crippen molar-refractivity contribution in [3.05, 3.63) is 35.6 Å². The molecule has 0 aliphatic carbocycles. The van der Waals surface area contributed by atoms with E-state index in [0.717, 1.165) is 24.3 Å². The highest BCUT2D eigenvalue weighted by atomic mass is 31.2. The quantitative estimate of drug-likeness (QED) is 0.670. The van der Waals surface area contributed by atoms with Crippen LogP contribution in [0.15, 0.2) is 24.3 Å². The van der Waals surface area contributed by atoms with Crippen LogP contribution < -0.4 is 0 Å². The Morgan fingerprint density at radius 3 is 2.00 bits per heavy atom. The van der Waals surface area contributed by atoms with Crippen LogP contribution in [0.4, 0.5) is 13.2 Å². The van der Waals surface area contributed by atoms with Gasteiger partial charge in [0.2, 0.25) is 0 Å². The molecule has 0 aromatic heterocycles. The van der Waals surface area contributed by atoms with Gasteiger partial charge in [0, 0.05) is 0 Å². The summed E-state index contributed by atoms with van der Waals surface area (Å²) in [6.07, 6.45) is -4.78. The van der Waals surface area contributed by atoms with E-state index in [1.165, 1.54) is 13.8 Å².